The molecular formula is C25H29Cl2F3N4O4. The zero-order valence-corrected chi connectivity index (χ0v) is 22.9. The highest BCUT2D eigenvalue weighted by Crippen LogP contribution is 2.39. The second-order valence-corrected chi connectivity index (χ2v) is 11.2. The third-order valence-corrected chi connectivity index (χ3v) is 7.76. The van der Waals surface area contributed by atoms with E-state index in [1.54, 1.807) is 11.6 Å². The molecule has 2 aromatic heterocycles. The fourth-order valence-corrected chi connectivity index (χ4v) is 5.40. The predicted molar refractivity (Wildman–Crippen MR) is 134 cm³/mol. The molecular weight excluding hydrogens is 548 g/mol. The molecule has 0 radical (unpaired) electrons. The predicted octanol–water partition coefficient (Wildman–Crippen LogP) is 5.87. The number of amides is 1. The fourth-order valence-electron chi connectivity index (χ4n) is 4.82. The highest BCUT2D eigenvalue weighted by molar-refractivity contribution is 6.39. The van der Waals surface area contributed by atoms with Crippen molar-refractivity contribution >= 4 is 40.9 Å². The van der Waals surface area contributed by atoms with Crippen LogP contribution in [0.1, 0.15) is 72.5 Å². The Kier molecular flexibility index (Phi) is 8.82. The summed E-state index contributed by atoms with van der Waals surface area (Å²) in [6.45, 7) is 3.86. The molecule has 0 bridgehead atoms. The van der Waals surface area contributed by atoms with Gasteiger partial charge in [-0.25, -0.2) is 0 Å². The van der Waals surface area contributed by atoms with Crippen LogP contribution in [0.25, 0.3) is 0 Å². The molecule has 1 N–H and O–H groups in total. The Balaban J connectivity index is 1.92. The summed E-state index contributed by atoms with van der Waals surface area (Å²) in [5.41, 5.74) is -2.00. The molecule has 3 rings (SSSR count). The number of Topliss-reactive ketones (excluding diaryl/α,β-unsaturated/α-hetero) is 1. The number of pyridine rings is 1. The van der Waals surface area contributed by atoms with Gasteiger partial charge in [-0.2, -0.15) is 18.3 Å². The molecule has 0 aliphatic heterocycles. The largest absolute Gasteiger partial charge is 0.481 e. The fraction of sp³-hybridized carbons (Fsp3) is 0.560. The molecule has 1 amide bonds. The quantitative estimate of drug-likeness (QED) is 0.394. The maximum atomic E-state index is 13.8. The van der Waals surface area contributed by atoms with Gasteiger partial charge in [-0.05, 0) is 46.0 Å². The van der Waals surface area contributed by atoms with Crippen molar-refractivity contribution in [1.29, 1.82) is 0 Å². The molecule has 0 aromatic carbocycles. The van der Waals surface area contributed by atoms with E-state index >= 15 is 0 Å². The van der Waals surface area contributed by atoms with Crippen LogP contribution in [-0.4, -0.2) is 61.7 Å². The third-order valence-electron chi connectivity index (χ3n) is 7.19. The average Bonchev–Trinajstić information content (AvgIpc) is 3.18. The van der Waals surface area contributed by atoms with E-state index < -0.39 is 48.3 Å². The van der Waals surface area contributed by atoms with Crippen molar-refractivity contribution in [3.8, 4) is 0 Å². The molecule has 0 unspecified atom stereocenters. The number of aromatic nitrogens is 3. The summed E-state index contributed by atoms with van der Waals surface area (Å²) in [6.07, 6.45) is 0.475. The van der Waals surface area contributed by atoms with Gasteiger partial charge in [0.05, 0.1) is 51.3 Å². The third kappa shape index (κ3) is 6.14. The van der Waals surface area contributed by atoms with Gasteiger partial charge >= 0.3 is 12.1 Å². The van der Waals surface area contributed by atoms with E-state index in [0.29, 0.717) is 25.0 Å². The smallest absolute Gasteiger partial charge is 0.395 e. The summed E-state index contributed by atoms with van der Waals surface area (Å²) in [7, 11) is 0. The Morgan fingerprint density at radius 3 is 2.26 bits per heavy atom. The number of carbonyl (C=O) groups excluding carboxylic acids is 2. The van der Waals surface area contributed by atoms with E-state index in [0.717, 1.165) is 18.7 Å². The second-order valence-electron chi connectivity index (χ2n) is 10.4. The molecule has 38 heavy (non-hydrogen) atoms. The van der Waals surface area contributed by atoms with E-state index in [-0.39, 0.29) is 33.1 Å². The van der Waals surface area contributed by atoms with Crippen LogP contribution >= 0.6 is 23.2 Å². The van der Waals surface area contributed by atoms with Gasteiger partial charge in [0.15, 0.2) is 5.78 Å². The van der Waals surface area contributed by atoms with Crippen molar-refractivity contribution in [2.24, 2.45) is 17.3 Å². The first-order valence-corrected chi connectivity index (χ1v) is 12.8. The zero-order chi connectivity index (χ0) is 28.6. The molecule has 0 spiro atoms. The number of carboxylic acid groups (broad SMARTS) is 1. The van der Waals surface area contributed by atoms with E-state index in [9.17, 15) is 32.7 Å². The first-order chi connectivity index (χ1) is 17.5. The lowest BCUT2D eigenvalue weighted by atomic mass is 9.78. The Bertz CT molecular complexity index is 1210. The molecule has 0 saturated heterocycles. The lowest BCUT2D eigenvalue weighted by Crippen LogP contribution is -2.47. The summed E-state index contributed by atoms with van der Waals surface area (Å²) in [6, 6.07) is -0.168. The van der Waals surface area contributed by atoms with Crippen LogP contribution in [-0.2, 0) is 4.79 Å². The number of ketones is 1. The van der Waals surface area contributed by atoms with Crippen LogP contribution in [0, 0.1) is 24.2 Å². The molecule has 208 valence electrons. The first kappa shape index (κ1) is 29.9. The number of rotatable bonds is 8. The molecule has 8 nitrogen and oxygen atoms in total. The van der Waals surface area contributed by atoms with Crippen molar-refractivity contribution < 1.29 is 32.7 Å². The molecule has 2 aromatic rings. The van der Waals surface area contributed by atoms with Crippen LogP contribution in [0.2, 0.25) is 10.0 Å². The summed E-state index contributed by atoms with van der Waals surface area (Å²) in [4.78, 5) is 42.8. The summed E-state index contributed by atoms with van der Waals surface area (Å²) >= 11 is 12.1. The number of aliphatic carboxylic acids is 1. The molecule has 1 aliphatic carbocycles. The number of hydrogen-bond donors (Lipinski definition) is 1. The number of nitrogens with zero attached hydrogens (tertiary/aromatic N) is 4. The summed E-state index contributed by atoms with van der Waals surface area (Å²) in [5.74, 6) is -2.98. The van der Waals surface area contributed by atoms with Crippen LogP contribution in [0.15, 0.2) is 18.6 Å². The van der Waals surface area contributed by atoms with Gasteiger partial charge in [0, 0.05) is 24.6 Å². The van der Waals surface area contributed by atoms with Crippen molar-refractivity contribution in [2.75, 3.05) is 13.1 Å². The van der Waals surface area contributed by atoms with Crippen molar-refractivity contribution in [1.82, 2.24) is 19.7 Å². The molecule has 13 heteroatoms. The molecule has 2 heterocycles. The second kappa shape index (κ2) is 11.2. The minimum absolute atomic E-state index is 0.0516. The van der Waals surface area contributed by atoms with Crippen molar-refractivity contribution in [3.05, 3.63) is 45.5 Å². The normalized spacial score (nSPS) is 20.3. The van der Waals surface area contributed by atoms with Gasteiger partial charge in [-0.15, -0.1) is 0 Å². The zero-order valence-electron chi connectivity index (χ0n) is 21.4. The van der Waals surface area contributed by atoms with Crippen LogP contribution in [0.4, 0.5) is 13.2 Å². The van der Waals surface area contributed by atoms with Crippen LogP contribution in [0.3, 0.4) is 0 Å². The van der Waals surface area contributed by atoms with Gasteiger partial charge in [0.1, 0.15) is 0 Å². The molecule has 1 aliphatic rings. The Labute approximate surface area is 228 Å². The molecule has 3 atom stereocenters. The van der Waals surface area contributed by atoms with Crippen molar-refractivity contribution in [2.45, 2.75) is 59.2 Å². The van der Waals surface area contributed by atoms with Gasteiger partial charge in [0.2, 0.25) is 0 Å². The molecule has 1 saturated carbocycles. The van der Waals surface area contributed by atoms with E-state index in [2.05, 4.69) is 10.1 Å². The Morgan fingerprint density at radius 2 is 1.74 bits per heavy atom. The number of halogens is 5. The van der Waals surface area contributed by atoms with Crippen molar-refractivity contribution in [3.63, 3.8) is 0 Å². The van der Waals surface area contributed by atoms with Gasteiger partial charge < -0.3 is 10.0 Å². The van der Waals surface area contributed by atoms with Gasteiger partial charge in [-0.1, -0.05) is 30.1 Å². The first-order valence-electron chi connectivity index (χ1n) is 12.0. The minimum Gasteiger partial charge on any atom is -0.481 e. The number of hydrogen-bond acceptors (Lipinski definition) is 5. The lowest BCUT2D eigenvalue weighted by molar-refractivity contribution is -0.214. The lowest BCUT2D eigenvalue weighted by Gasteiger charge is -2.34. The van der Waals surface area contributed by atoms with E-state index in [1.165, 1.54) is 18.6 Å². The van der Waals surface area contributed by atoms with E-state index in [4.69, 9.17) is 23.2 Å². The maximum absolute atomic E-state index is 13.8. The monoisotopic (exact) mass is 576 g/mol. The van der Waals surface area contributed by atoms with Gasteiger partial charge in [-0.3, -0.25) is 24.0 Å². The Morgan fingerprint density at radius 1 is 1.13 bits per heavy atom. The number of carboxylic acids is 1. The standard InChI is InChI=1S/C25H29Cl2F3N4O4/c1-13-7-15(5-6-16(13)23(37)38)34-14(2)17(8-32-34)22(36)33(12-24(3,4)25(28,29)30)11-20(35)21-18(26)9-31-10-19(21)27/h8-10,13,15-16H,5-7,11-12H2,1-4H3,(H,37,38)/t13-,15-,16-/m0/s1. The minimum atomic E-state index is -4.65. The highest BCUT2D eigenvalue weighted by atomic mass is 35.5. The van der Waals surface area contributed by atoms with E-state index in [1.807, 2.05) is 6.92 Å². The molecule has 1 fully saturated rings. The van der Waals surface area contributed by atoms with Crippen LogP contribution < -0.4 is 0 Å². The maximum Gasteiger partial charge on any atom is 0.395 e. The highest BCUT2D eigenvalue weighted by Gasteiger charge is 2.49. The SMILES string of the molecule is Cc1c(C(=O)N(CC(=O)c2c(Cl)cncc2Cl)CC(C)(C)C(F)(F)F)cnn1[C@H]1CC[C@H](C(=O)O)[C@@H](C)C1. The topological polar surface area (TPSA) is 105 Å². The summed E-state index contributed by atoms with van der Waals surface area (Å²) in [5, 5.41) is 13.6. The number of alkyl halides is 3. The van der Waals surface area contributed by atoms with Crippen LogP contribution in [0.5, 0.6) is 0 Å². The average molecular weight is 577 g/mol. The Hall–Kier alpha value is -2.66. The summed E-state index contributed by atoms with van der Waals surface area (Å²) < 4.78 is 42.9. The number of carbonyl (C=O) groups is 3. The van der Waals surface area contributed by atoms with Gasteiger partial charge in [0.25, 0.3) is 5.91 Å².